The molecule has 0 unspecified atom stereocenters. The van der Waals surface area contributed by atoms with Crippen LogP contribution in [0, 0.1) is 0 Å². The third-order valence-electron chi connectivity index (χ3n) is 11.6. The van der Waals surface area contributed by atoms with Crippen molar-refractivity contribution in [3.63, 3.8) is 0 Å². The molecule has 0 radical (unpaired) electrons. The molecule has 58 heavy (non-hydrogen) atoms. The van der Waals surface area contributed by atoms with Crippen LogP contribution in [0.2, 0.25) is 0 Å². The van der Waals surface area contributed by atoms with Gasteiger partial charge in [0.25, 0.3) is 0 Å². The van der Waals surface area contributed by atoms with E-state index in [0.29, 0.717) is 0 Å². The Morgan fingerprint density at radius 3 is 1.72 bits per heavy atom. The molecule has 0 fully saturated rings. The minimum Gasteiger partial charge on any atom is -0.456 e. The zero-order valence-electron chi connectivity index (χ0n) is 31.3. The highest BCUT2D eigenvalue weighted by atomic mass is 32.1. The van der Waals surface area contributed by atoms with Gasteiger partial charge in [-0.25, -0.2) is 0 Å². The number of fused-ring (bicyclic) bond motifs is 9. The molecule has 0 saturated heterocycles. The summed E-state index contributed by atoms with van der Waals surface area (Å²) in [6.07, 6.45) is 0. The topological polar surface area (TPSA) is 21.3 Å². The second-order valence-corrected chi connectivity index (χ2v) is 15.9. The van der Waals surface area contributed by atoms with Crippen LogP contribution in [0.4, 0.5) is 17.1 Å². The van der Waals surface area contributed by atoms with Gasteiger partial charge in [0.05, 0.1) is 16.7 Å². The first-order valence-electron chi connectivity index (χ1n) is 19.7. The first kappa shape index (κ1) is 32.8. The molecule has 9 aromatic carbocycles. The van der Waals surface area contributed by atoms with Crippen LogP contribution in [0.15, 0.2) is 211 Å². The molecule has 3 heterocycles. The third kappa shape index (κ3) is 5.12. The van der Waals surface area contributed by atoms with E-state index in [1.165, 1.54) is 64.2 Å². The predicted octanol–water partition coefficient (Wildman–Crippen LogP) is 15.9. The van der Waals surface area contributed by atoms with E-state index in [2.05, 4.69) is 216 Å². The van der Waals surface area contributed by atoms with Crippen molar-refractivity contribution < 1.29 is 4.42 Å². The molecule has 0 aliphatic carbocycles. The monoisotopic (exact) mass is 758 g/mol. The van der Waals surface area contributed by atoms with Crippen molar-refractivity contribution in [1.82, 2.24) is 4.57 Å². The van der Waals surface area contributed by atoms with Crippen molar-refractivity contribution in [3.05, 3.63) is 206 Å². The summed E-state index contributed by atoms with van der Waals surface area (Å²) in [5.41, 5.74) is 13.4. The molecule has 0 bridgehead atoms. The van der Waals surface area contributed by atoms with E-state index in [1.807, 2.05) is 11.3 Å². The number of anilines is 3. The van der Waals surface area contributed by atoms with Gasteiger partial charge < -0.3 is 13.9 Å². The molecule has 12 aromatic rings. The zero-order chi connectivity index (χ0) is 38.2. The van der Waals surface area contributed by atoms with E-state index in [1.54, 1.807) is 0 Å². The zero-order valence-corrected chi connectivity index (χ0v) is 32.2. The Morgan fingerprint density at radius 2 is 1.00 bits per heavy atom. The summed E-state index contributed by atoms with van der Waals surface area (Å²) in [6.45, 7) is 0. The summed E-state index contributed by atoms with van der Waals surface area (Å²) < 4.78 is 11.4. The molecule has 3 aromatic heterocycles. The van der Waals surface area contributed by atoms with Gasteiger partial charge >= 0.3 is 0 Å². The van der Waals surface area contributed by atoms with Gasteiger partial charge in [-0.15, -0.1) is 11.3 Å². The van der Waals surface area contributed by atoms with Crippen molar-refractivity contribution in [1.29, 1.82) is 0 Å². The SMILES string of the molecule is c1ccc(-c2ccc3oc4ccc(N(c5ccc(-n6c7ccccc7c7ccccc76)cc5)c5ccc(-c6ccccc6)c6sc7ccccc7c56)cc4c3c2)cc1. The molecule has 3 nitrogen and oxygen atoms in total. The molecule has 0 aliphatic heterocycles. The summed E-state index contributed by atoms with van der Waals surface area (Å²) in [7, 11) is 0. The van der Waals surface area contributed by atoms with Gasteiger partial charge in [0.15, 0.2) is 0 Å². The summed E-state index contributed by atoms with van der Waals surface area (Å²) in [5.74, 6) is 0. The van der Waals surface area contributed by atoms with Crippen LogP contribution < -0.4 is 4.90 Å². The maximum atomic E-state index is 6.48. The normalized spacial score (nSPS) is 11.8. The van der Waals surface area contributed by atoms with Crippen LogP contribution in [-0.2, 0) is 0 Å². The van der Waals surface area contributed by atoms with Gasteiger partial charge in [-0.2, -0.15) is 0 Å². The van der Waals surface area contributed by atoms with E-state index in [9.17, 15) is 0 Å². The smallest absolute Gasteiger partial charge is 0.135 e. The van der Waals surface area contributed by atoms with E-state index in [-0.39, 0.29) is 0 Å². The lowest BCUT2D eigenvalue weighted by atomic mass is 10.00. The number of thiophene rings is 1. The van der Waals surface area contributed by atoms with E-state index in [4.69, 9.17) is 4.42 Å². The van der Waals surface area contributed by atoms with Crippen LogP contribution >= 0.6 is 11.3 Å². The van der Waals surface area contributed by atoms with Gasteiger partial charge in [-0.1, -0.05) is 127 Å². The van der Waals surface area contributed by atoms with Crippen molar-refractivity contribution in [2.75, 3.05) is 4.90 Å². The second kappa shape index (κ2) is 13.1. The molecule has 12 rings (SSSR count). The molecular formula is C54H34N2OS. The number of hydrogen-bond acceptors (Lipinski definition) is 3. The lowest BCUT2D eigenvalue weighted by Crippen LogP contribution is -2.10. The number of benzene rings is 9. The van der Waals surface area contributed by atoms with Crippen molar-refractivity contribution in [2.45, 2.75) is 0 Å². The number of aromatic nitrogens is 1. The Hall–Kier alpha value is -7.40. The lowest BCUT2D eigenvalue weighted by Gasteiger charge is -2.27. The fraction of sp³-hybridized carbons (Fsp3) is 0. The van der Waals surface area contributed by atoms with Crippen LogP contribution in [0.5, 0.6) is 0 Å². The van der Waals surface area contributed by atoms with Gasteiger partial charge in [-0.05, 0) is 101 Å². The average molecular weight is 759 g/mol. The quantitative estimate of drug-likeness (QED) is 0.168. The van der Waals surface area contributed by atoms with Gasteiger partial charge in [0.2, 0.25) is 0 Å². The molecule has 272 valence electrons. The second-order valence-electron chi connectivity index (χ2n) is 14.9. The Morgan fingerprint density at radius 1 is 0.414 bits per heavy atom. The molecule has 0 saturated carbocycles. The highest BCUT2D eigenvalue weighted by molar-refractivity contribution is 7.26. The Bertz CT molecular complexity index is 3450. The summed E-state index contributed by atoms with van der Waals surface area (Å²) in [4.78, 5) is 2.44. The van der Waals surface area contributed by atoms with Crippen LogP contribution in [0.25, 0.3) is 91.9 Å². The maximum absolute atomic E-state index is 6.48. The Balaban J connectivity index is 1.10. The Kier molecular flexibility index (Phi) is 7.40. The number of hydrogen-bond donors (Lipinski definition) is 0. The molecule has 0 atom stereocenters. The molecule has 0 aliphatic rings. The molecule has 0 N–H and O–H groups in total. The van der Waals surface area contributed by atoms with Gasteiger partial charge in [0.1, 0.15) is 11.2 Å². The summed E-state index contributed by atoms with van der Waals surface area (Å²) >= 11 is 1.87. The van der Waals surface area contributed by atoms with E-state index >= 15 is 0 Å². The first-order chi connectivity index (χ1) is 28.8. The number of para-hydroxylation sites is 2. The summed E-state index contributed by atoms with van der Waals surface area (Å²) in [5, 5.41) is 7.20. The number of furan rings is 1. The number of nitrogens with zero attached hydrogens (tertiary/aromatic N) is 2. The predicted molar refractivity (Wildman–Crippen MR) is 247 cm³/mol. The van der Waals surface area contributed by atoms with Crippen LogP contribution in [-0.4, -0.2) is 4.57 Å². The fourth-order valence-corrected chi connectivity index (χ4v) is 10.2. The minimum atomic E-state index is 0.871. The lowest BCUT2D eigenvalue weighted by molar-refractivity contribution is 0.669. The van der Waals surface area contributed by atoms with Crippen molar-refractivity contribution in [2.24, 2.45) is 0 Å². The van der Waals surface area contributed by atoms with E-state index in [0.717, 1.165) is 44.7 Å². The minimum absolute atomic E-state index is 0.871. The first-order valence-corrected chi connectivity index (χ1v) is 20.5. The largest absolute Gasteiger partial charge is 0.456 e. The molecule has 0 spiro atoms. The average Bonchev–Trinajstić information content (AvgIpc) is 3.97. The molecule has 0 amide bonds. The van der Waals surface area contributed by atoms with Crippen molar-refractivity contribution in [3.8, 4) is 27.9 Å². The van der Waals surface area contributed by atoms with E-state index < -0.39 is 0 Å². The maximum Gasteiger partial charge on any atom is 0.135 e. The third-order valence-corrected chi connectivity index (χ3v) is 12.8. The highest BCUT2D eigenvalue weighted by Gasteiger charge is 2.23. The molecular weight excluding hydrogens is 725 g/mol. The Labute approximate surface area is 338 Å². The number of rotatable bonds is 6. The van der Waals surface area contributed by atoms with Crippen LogP contribution in [0.3, 0.4) is 0 Å². The van der Waals surface area contributed by atoms with Gasteiger partial charge in [0, 0.05) is 58.8 Å². The van der Waals surface area contributed by atoms with Gasteiger partial charge in [-0.3, -0.25) is 0 Å². The highest BCUT2D eigenvalue weighted by Crippen LogP contribution is 2.49. The van der Waals surface area contributed by atoms with Crippen molar-refractivity contribution >= 4 is 92.3 Å². The molecule has 4 heteroatoms. The fourth-order valence-electron chi connectivity index (χ4n) is 8.94. The van der Waals surface area contributed by atoms with Crippen LogP contribution in [0.1, 0.15) is 0 Å². The standard InChI is InChI=1S/C54H34N2OS/c1-3-13-35(14-4-1)37-23-31-50-45(33-37)46-34-40(28-32-51(46)57-50)55(38-24-26-39(27-25-38)56-47-20-10-7-17-42(47)43-18-8-11-21-48(43)56)49-30-29-41(36-15-5-2-6-16-36)54-53(49)44-19-9-12-22-52(44)58-54/h1-34H. The summed E-state index contributed by atoms with van der Waals surface area (Å²) in [6, 6.07) is 74.4.